The zero-order valence-corrected chi connectivity index (χ0v) is 33.7. The summed E-state index contributed by atoms with van der Waals surface area (Å²) < 4.78 is 63.7. The van der Waals surface area contributed by atoms with Gasteiger partial charge in [-0.15, -0.1) is 0 Å². The van der Waals surface area contributed by atoms with E-state index in [4.69, 9.17) is 42.4 Å². The molecule has 2 aromatic carbocycles. The summed E-state index contributed by atoms with van der Waals surface area (Å²) in [6, 6.07) is 15.2. The largest absolute Gasteiger partial charge is 0.491 e. The van der Waals surface area contributed by atoms with E-state index < -0.39 is 24.8 Å². The lowest BCUT2D eigenvalue weighted by molar-refractivity contribution is -0.145. The number of hydrogen-bond acceptors (Lipinski definition) is 11. The van der Waals surface area contributed by atoms with Crippen molar-refractivity contribution in [3.63, 3.8) is 0 Å². The smallest absolute Gasteiger partial charge is 0.408 e. The minimum Gasteiger partial charge on any atom is -0.491 e. The van der Waals surface area contributed by atoms with E-state index in [1.165, 1.54) is 12.3 Å². The molecule has 304 valence electrons. The molecule has 0 bridgehead atoms. The first-order valence-electron chi connectivity index (χ1n) is 18.3. The number of para-hydroxylation sites is 1. The van der Waals surface area contributed by atoms with Crippen LogP contribution in [0.3, 0.4) is 0 Å². The summed E-state index contributed by atoms with van der Waals surface area (Å²) in [6.07, 6.45) is -1.59. The molecule has 7 rings (SSSR count). The van der Waals surface area contributed by atoms with Gasteiger partial charge in [-0.3, -0.25) is 14.6 Å². The van der Waals surface area contributed by atoms with Crippen LogP contribution >= 0.6 is 34.7 Å². The Balaban J connectivity index is 1.20. The summed E-state index contributed by atoms with van der Waals surface area (Å²) in [4.78, 5) is 26.6. The van der Waals surface area contributed by atoms with Crippen molar-refractivity contribution in [1.29, 1.82) is 0 Å². The molecule has 0 aliphatic carbocycles. The number of pyridine rings is 2. The second-order valence-electron chi connectivity index (χ2n) is 13.8. The maximum absolute atomic E-state index is 13.1. The molecule has 6 aromatic rings. The van der Waals surface area contributed by atoms with Crippen molar-refractivity contribution in [2.24, 2.45) is 0 Å². The average Bonchev–Trinajstić information content (AvgIpc) is 3.82. The number of ether oxygens (including phenoxy) is 3. The highest BCUT2D eigenvalue weighted by atomic mass is 35.5. The number of benzene rings is 2. The molecule has 0 spiro atoms. The molecule has 18 heteroatoms. The third kappa shape index (κ3) is 9.64. The van der Waals surface area contributed by atoms with E-state index in [1.54, 1.807) is 48.8 Å². The molecule has 0 saturated carbocycles. The highest BCUT2D eigenvalue weighted by molar-refractivity contribution is 7.13. The molecule has 0 radical (unpaired) electrons. The third-order valence-electron chi connectivity index (χ3n) is 9.78. The zero-order chi connectivity index (χ0) is 41.0. The minimum absolute atomic E-state index is 0.0606. The fraction of sp³-hybridized carbons (Fsp3) is 0.325. The number of nitrogens with zero attached hydrogens (tertiary/aromatic N) is 7. The van der Waals surface area contributed by atoms with Crippen molar-refractivity contribution in [3.05, 3.63) is 100 Å². The standard InChI is InChI=1S/C40H38Cl2F3N7O5S/c1-24-28(8-9-30(36(24)42)55-18-17-51-15-13-50(2)14-16-51)34-35-32(21-47-37(34)26-7-10-33(41)46-20-26)58-49-38(35)57-31(39(53)54)19-25-5-3-4-6-29(25)56-22-27-11-12-48-52(27)23-40(43,44)45/h3-12,20-21,31H,13-19,22-23H2,1-2H3,(H,53,54)/t31-/m1/s1. The highest BCUT2D eigenvalue weighted by Gasteiger charge is 2.30. The monoisotopic (exact) mass is 855 g/mol. The Labute approximate surface area is 345 Å². The van der Waals surface area contributed by atoms with E-state index in [0.29, 0.717) is 66.1 Å². The highest BCUT2D eigenvalue weighted by Crippen LogP contribution is 2.46. The molecule has 12 nitrogen and oxygen atoms in total. The Morgan fingerprint density at radius 1 is 0.983 bits per heavy atom. The van der Waals surface area contributed by atoms with E-state index in [1.807, 2.05) is 19.1 Å². The first-order chi connectivity index (χ1) is 27.8. The summed E-state index contributed by atoms with van der Waals surface area (Å²) >= 11 is 14.3. The van der Waals surface area contributed by atoms with E-state index in [0.717, 1.165) is 48.9 Å². The Hall–Kier alpha value is -5.00. The number of rotatable bonds is 15. The third-order valence-corrected chi connectivity index (χ3v) is 11.2. The number of aromatic nitrogens is 5. The van der Waals surface area contributed by atoms with Crippen LogP contribution in [0.1, 0.15) is 16.8 Å². The molecular formula is C40H38Cl2F3N7O5S. The first kappa shape index (κ1) is 41.2. The van der Waals surface area contributed by atoms with Gasteiger partial charge in [0.25, 0.3) is 0 Å². The van der Waals surface area contributed by atoms with E-state index >= 15 is 0 Å². The van der Waals surface area contributed by atoms with Gasteiger partial charge < -0.3 is 24.2 Å². The number of likely N-dealkylation sites (N-methyl/N-ethyl adjacent to an activating group) is 1. The minimum atomic E-state index is -4.47. The quantitative estimate of drug-likeness (QED) is 0.101. The van der Waals surface area contributed by atoms with Crippen LogP contribution < -0.4 is 14.2 Å². The van der Waals surface area contributed by atoms with Crippen molar-refractivity contribution >= 4 is 50.8 Å². The maximum Gasteiger partial charge on any atom is 0.408 e. The summed E-state index contributed by atoms with van der Waals surface area (Å²) in [6.45, 7) is 5.53. The average molecular weight is 857 g/mol. The van der Waals surface area contributed by atoms with Crippen molar-refractivity contribution in [2.45, 2.75) is 38.8 Å². The van der Waals surface area contributed by atoms with Gasteiger partial charge in [-0.1, -0.05) is 47.5 Å². The van der Waals surface area contributed by atoms with Crippen LogP contribution in [0.2, 0.25) is 10.2 Å². The second kappa shape index (κ2) is 17.9. The number of alkyl halides is 3. The van der Waals surface area contributed by atoms with Crippen molar-refractivity contribution in [1.82, 2.24) is 33.9 Å². The van der Waals surface area contributed by atoms with E-state index in [9.17, 15) is 23.1 Å². The number of carboxylic acids is 1. The van der Waals surface area contributed by atoms with E-state index in [2.05, 4.69) is 31.3 Å². The fourth-order valence-corrected chi connectivity index (χ4v) is 7.69. The molecular weight excluding hydrogens is 818 g/mol. The summed E-state index contributed by atoms with van der Waals surface area (Å²) in [7, 11) is 2.11. The number of halogens is 5. The SMILES string of the molecule is Cc1c(-c2c(-c3ccc(Cl)nc3)ncc3snc(O[C@H](Cc4ccccc4OCc4ccnn4CC(F)(F)F)C(=O)O)c23)ccc(OCCN2CCN(C)CC2)c1Cl. The van der Waals surface area contributed by atoms with Crippen LogP contribution in [0.15, 0.2) is 73.2 Å². The van der Waals surface area contributed by atoms with Crippen LogP contribution in [-0.2, 0) is 24.4 Å². The Morgan fingerprint density at radius 2 is 1.78 bits per heavy atom. The molecule has 1 saturated heterocycles. The molecule has 1 atom stereocenters. The van der Waals surface area contributed by atoms with Crippen molar-refractivity contribution in [3.8, 4) is 39.8 Å². The molecule has 1 aliphatic heterocycles. The number of fused-ring (bicyclic) bond motifs is 1. The van der Waals surface area contributed by atoms with Gasteiger partial charge in [-0.2, -0.15) is 22.6 Å². The Kier molecular flexibility index (Phi) is 12.7. The van der Waals surface area contributed by atoms with Gasteiger partial charge in [0.15, 0.2) is 0 Å². The lowest BCUT2D eigenvalue weighted by Crippen LogP contribution is -2.45. The molecule has 58 heavy (non-hydrogen) atoms. The first-order valence-corrected chi connectivity index (χ1v) is 19.8. The molecule has 1 fully saturated rings. The molecule has 1 N–H and O–H groups in total. The Bertz CT molecular complexity index is 2390. The van der Waals surface area contributed by atoms with Crippen molar-refractivity contribution < 1.29 is 37.3 Å². The number of aliphatic carboxylic acids is 1. The number of piperazine rings is 1. The molecule has 1 aliphatic rings. The molecule has 0 unspecified atom stereocenters. The lowest BCUT2D eigenvalue weighted by Gasteiger charge is -2.32. The summed E-state index contributed by atoms with van der Waals surface area (Å²) in [5, 5.41) is 15.5. The van der Waals surface area contributed by atoms with E-state index in [-0.39, 0.29) is 30.4 Å². The van der Waals surface area contributed by atoms with Gasteiger partial charge in [-0.25, -0.2) is 9.78 Å². The van der Waals surface area contributed by atoms with Crippen LogP contribution in [-0.4, -0.2) is 104 Å². The summed E-state index contributed by atoms with van der Waals surface area (Å²) in [5.41, 5.74) is 3.79. The predicted molar refractivity (Wildman–Crippen MR) is 215 cm³/mol. The van der Waals surface area contributed by atoms with Crippen LogP contribution in [0.4, 0.5) is 13.2 Å². The van der Waals surface area contributed by atoms with Crippen LogP contribution in [0, 0.1) is 6.92 Å². The van der Waals surface area contributed by atoms with Crippen LogP contribution in [0.25, 0.3) is 32.5 Å². The zero-order valence-electron chi connectivity index (χ0n) is 31.4. The van der Waals surface area contributed by atoms with Gasteiger partial charge in [0.2, 0.25) is 12.0 Å². The number of carbonyl (C=O) groups is 1. The lowest BCUT2D eigenvalue weighted by atomic mass is 9.93. The number of carboxylic acid groups (broad SMARTS) is 1. The van der Waals surface area contributed by atoms with Gasteiger partial charge in [-0.05, 0) is 72.5 Å². The maximum atomic E-state index is 13.1. The van der Waals surface area contributed by atoms with Gasteiger partial charge in [0, 0.05) is 68.9 Å². The van der Waals surface area contributed by atoms with Gasteiger partial charge >= 0.3 is 12.1 Å². The second-order valence-corrected chi connectivity index (χ2v) is 15.3. The van der Waals surface area contributed by atoms with Gasteiger partial charge in [0.05, 0.1) is 26.5 Å². The molecule has 4 aromatic heterocycles. The Morgan fingerprint density at radius 3 is 2.52 bits per heavy atom. The number of hydrogen-bond donors (Lipinski definition) is 1. The topological polar surface area (TPSA) is 128 Å². The summed E-state index contributed by atoms with van der Waals surface area (Å²) in [5.74, 6) is -0.401. The molecule has 0 amide bonds. The molecule has 5 heterocycles. The van der Waals surface area contributed by atoms with Crippen LogP contribution in [0.5, 0.6) is 17.4 Å². The van der Waals surface area contributed by atoms with Crippen molar-refractivity contribution in [2.75, 3.05) is 46.4 Å². The predicted octanol–water partition coefficient (Wildman–Crippen LogP) is 8.07. The van der Waals surface area contributed by atoms with Gasteiger partial charge in [0.1, 0.15) is 36.4 Å². The fourth-order valence-electron chi connectivity index (χ4n) is 6.66. The normalized spacial score (nSPS) is 14.5.